The number of benzene rings is 2. The lowest BCUT2D eigenvalue weighted by atomic mass is 10.0. The molecular weight excluding hydrogens is 437 g/mol. The summed E-state index contributed by atoms with van der Waals surface area (Å²) in [5.41, 5.74) is 9.64. The molecule has 0 bridgehead atoms. The zero-order valence-corrected chi connectivity index (χ0v) is 16.4. The quantitative estimate of drug-likeness (QED) is 0.198. The molecular formula is C17H13Cl2N7O4. The van der Waals surface area contributed by atoms with E-state index in [1.54, 1.807) is 0 Å². The van der Waals surface area contributed by atoms with Crippen LogP contribution in [0.1, 0.15) is 17.4 Å². The van der Waals surface area contributed by atoms with Crippen LogP contribution < -0.4 is 17.0 Å². The smallest absolute Gasteiger partial charge is 0.276 e. The van der Waals surface area contributed by atoms with Crippen molar-refractivity contribution in [2.45, 2.75) is 6.10 Å². The number of halogens is 2. The van der Waals surface area contributed by atoms with Crippen molar-refractivity contribution < 1.29 is 10.0 Å². The van der Waals surface area contributed by atoms with Crippen molar-refractivity contribution in [2.75, 3.05) is 0 Å². The lowest BCUT2D eigenvalue weighted by molar-refractivity contribution is -0.384. The van der Waals surface area contributed by atoms with Crippen molar-refractivity contribution in [3.63, 3.8) is 0 Å². The maximum Gasteiger partial charge on any atom is 0.276 e. The number of nitro groups is 1. The molecule has 11 nitrogen and oxygen atoms in total. The average Bonchev–Trinajstić information content (AvgIpc) is 2.69. The fourth-order valence-corrected chi connectivity index (χ4v) is 2.85. The monoisotopic (exact) mass is 449 g/mol. The molecule has 0 unspecified atom stereocenters. The third-order valence-corrected chi connectivity index (χ3v) is 4.66. The van der Waals surface area contributed by atoms with Crippen LogP contribution >= 0.6 is 23.2 Å². The Morgan fingerprint density at radius 3 is 2.53 bits per heavy atom. The molecule has 154 valence electrons. The van der Waals surface area contributed by atoms with E-state index in [1.807, 2.05) is 0 Å². The van der Waals surface area contributed by atoms with Crippen molar-refractivity contribution in [3.8, 4) is 0 Å². The third-order valence-electron chi connectivity index (χ3n) is 3.92. The fourth-order valence-electron chi connectivity index (χ4n) is 2.55. The number of hydrogen-bond acceptors (Lipinski definition) is 7. The van der Waals surface area contributed by atoms with Gasteiger partial charge in [-0.05, 0) is 23.8 Å². The summed E-state index contributed by atoms with van der Waals surface area (Å²) in [7, 11) is 0. The summed E-state index contributed by atoms with van der Waals surface area (Å²) in [5, 5.41) is 29.5. The number of H-pyrrole nitrogens is 1. The summed E-state index contributed by atoms with van der Waals surface area (Å²) in [4.78, 5) is 29.6. The number of guanidine groups is 1. The minimum atomic E-state index is -1.49. The molecule has 30 heavy (non-hydrogen) atoms. The van der Waals surface area contributed by atoms with Gasteiger partial charge < -0.3 is 21.6 Å². The number of aromatic nitrogens is 2. The minimum absolute atomic E-state index is 0.128. The van der Waals surface area contributed by atoms with E-state index < -0.39 is 22.5 Å². The van der Waals surface area contributed by atoms with Crippen LogP contribution in [0.4, 0.5) is 5.69 Å². The summed E-state index contributed by atoms with van der Waals surface area (Å²) < 4.78 is 0. The van der Waals surface area contributed by atoms with Gasteiger partial charge in [0, 0.05) is 12.1 Å². The van der Waals surface area contributed by atoms with E-state index in [-0.39, 0.29) is 43.7 Å². The number of nitro benzene ring substituents is 1. The first-order valence-electron chi connectivity index (χ1n) is 8.15. The highest BCUT2D eigenvalue weighted by Crippen LogP contribution is 2.27. The van der Waals surface area contributed by atoms with Gasteiger partial charge in [-0.3, -0.25) is 14.9 Å². The Labute approximate surface area is 177 Å². The first-order chi connectivity index (χ1) is 14.2. The van der Waals surface area contributed by atoms with Crippen LogP contribution in [0, 0.1) is 10.1 Å². The highest BCUT2D eigenvalue weighted by atomic mass is 35.5. The van der Waals surface area contributed by atoms with Gasteiger partial charge in [0.05, 0.1) is 26.0 Å². The predicted molar refractivity (Wildman–Crippen MR) is 113 cm³/mol. The van der Waals surface area contributed by atoms with Crippen LogP contribution in [0.5, 0.6) is 0 Å². The predicted octanol–water partition coefficient (Wildman–Crippen LogP) is 1.85. The number of aliphatic hydroxyl groups excluding tert-OH is 1. The highest BCUT2D eigenvalue weighted by Gasteiger charge is 2.23. The number of non-ortho nitro benzene ring substituents is 1. The maximum absolute atomic E-state index is 12.6. The molecule has 6 N–H and O–H groups in total. The maximum atomic E-state index is 12.6. The van der Waals surface area contributed by atoms with Gasteiger partial charge >= 0.3 is 0 Å². The molecule has 3 aromatic rings. The van der Waals surface area contributed by atoms with E-state index in [1.165, 1.54) is 30.3 Å². The van der Waals surface area contributed by atoms with Crippen molar-refractivity contribution in [3.05, 3.63) is 78.2 Å². The molecule has 1 heterocycles. The van der Waals surface area contributed by atoms with E-state index in [9.17, 15) is 20.0 Å². The van der Waals surface area contributed by atoms with Crippen molar-refractivity contribution in [1.82, 2.24) is 9.97 Å². The van der Waals surface area contributed by atoms with Gasteiger partial charge in [0.25, 0.3) is 11.2 Å². The first kappa shape index (κ1) is 21.2. The molecule has 1 atom stereocenters. The van der Waals surface area contributed by atoms with Crippen molar-refractivity contribution in [2.24, 2.45) is 21.7 Å². The molecule has 0 radical (unpaired) electrons. The third kappa shape index (κ3) is 4.38. The van der Waals surface area contributed by atoms with E-state index >= 15 is 0 Å². The molecule has 0 aliphatic carbocycles. The van der Waals surface area contributed by atoms with Gasteiger partial charge in [0.1, 0.15) is 11.8 Å². The molecule has 3 rings (SSSR count). The van der Waals surface area contributed by atoms with E-state index in [4.69, 9.17) is 34.7 Å². The molecule has 1 aromatic heterocycles. The molecule has 0 saturated heterocycles. The van der Waals surface area contributed by atoms with Crippen LogP contribution in [0.2, 0.25) is 10.0 Å². The summed E-state index contributed by atoms with van der Waals surface area (Å²) in [5.74, 6) is -0.415. The minimum Gasteiger partial charge on any atom is -0.382 e. The average molecular weight is 450 g/mol. The SMILES string of the molecule is NC(N)=N/N=C(\c1nc2ccc([N+](=O)[O-])cc2[nH]c1=O)[C@H](O)c1ccc(Cl)c(Cl)c1. The highest BCUT2D eigenvalue weighted by molar-refractivity contribution is 6.42. The molecule has 2 aromatic carbocycles. The summed E-state index contributed by atoms with van der Waals surface area (Å²) in [6, 6.07) is 8.05. The standard InChI is InChI=1S/C17H13Cl2N7O4/c18-9-3-1-7(5-10(9)19)15(27)13(24-25-17(20)21)14-16(28)23-12-6-8(26(29)30)2-4-11(12)22-14/h1-6,15,27H,(H,23,28)(H4,20,21,25)/b24-13+/t15-/m1/s1. The molecule has 0 saturated carbocycles. The second-order valence-electron chi connectivity index (χ2n) is 5.96. The Hall–Kier alpha value is -3.54. The summed E-state index contributed by atoms with van der Waals surface area (Å²) >= 11 is 11.9. The largest absolute Gasteiger partial charge is 0.382 e. The Morgan fingerprint density at radius 1 is 1.17 bits per heavy atom. The number of hydrogen-bond donors (Lipinski definition) is 4. The Balaban J connectivity index is 2.18. The second-order valence-corrected chi connectivity index (χ2v) is 6.77. The second kappa shape index (κ2) is 8.45. The summed E-state index contributed by atoms with van der Waals surface area (Å²) in [6.45, 7) is 0. The Bertz CT molecular complexity index is 1270. The lowest BCUT2D eigenvalue weighted by Crippen LogP contribution is -2.27. The van der Waals surface area contributed by atoms with E-state index in [0.29, 0.717) is 0 Å². The number of fused-ring (bicyclic) bond motifs is 1. The van der Waals surface area contributed by atoms with Gasteiger partial charge in [-0.25, -0.2) is 4.98 Å². The fraction of sp³-hybridized carbons (Fsp3) is 0.0588. The van der Waals surface area contributed by atoms with Gasteiger partial charge in [-0.2, -0.15) is 0 Å². The van der Waals surface area contributed by atoms with E-state index in [0.717, 1.165) is 6.07 Å². The first-order valence-corrected chi connectivity index (χ1v) is 8.91. The lowest BCUT2D eigenvalue weighted by Gasteiger charge is -2.13. The van der Waals surface area contributed by atoms with Crippen molar-refractivity contribution in [1.29, 1.82) is 0 Å². The van der Waals surface area contributed by atoms with Crippen LogP contribution in [0.3, 0.4) is 0 Å². The summed E-state index contributed by atoms with van der Waals surface area (Å²) in [6.07, 6.45) is -1.49. The van der Waals surface area contributed by atoms with Gasteiger partial charge in [0.2, 0.25) is 5.96 Å². The number of nitrogens with zero attached hydrogens (tertiary/aromatic N) is 4. The zero-order valence-electron chi connectivity index (χ0n) is 14.9. The number of aromatic amines is 1. The molecule has 0 spiro atoms. The molecule has 0 aliphatic heterocycles. The van der Waals surface area contributed by atoms with Gasteiger partial charge in [0.15, 0.2) is 5.69 Å². The molecule has 0 amide bonds. The molecule has 0 aliphatic rings. The number of aliphatic hydroxyl groups is 1. The Morgan fingerprint density at radius 2 is 1.90 bits per heavy atom. The molecule has 13 heteroatoms. The normalized spacial score (nSPS) is 12.6. The van der Waals surface area contributed by atoms with Gasteiger partial charge in [-0.15, -0.1) is 10.2 Å². The van der Waals surface area contributed by atoms with Crippen molar-refractivity contribution >= 4 is 51.6 Å². The topological polar surface area (TPSA) is 186 Å². The van der Waals surface area contributed by atoms with Crippen LogP contribution in [-0.4, -0.2) is 31.7 Å². The number of nitrogens with two attached hydrogens (primary N) is 2. The Kier molecular flexibility index (Phi) is 5.96. The van der Waals surface area contributed by atoms with Crippen LogP contribution in [0.15, 0.2) is 51.4 Å². The zero-order chi connectivity index (χ0) is 22.0. The van der Waals surface area contributed by atoms with Crippen LogP contribution in [-0.2, 0) is 0 Å². The van der Waals surface area contributed by atoms with Gasteiger partial charge in [-0.1, -0.05) is 29.3 Å². The van der Waals surface area contributed by atoms with E-state index in [2.05, 4.69) is 20.2 Å². The number of nitrogens with one attached hydrogen (secondary N) is 1. The van der Waals surface area contributed by atoms with Crippen LogP contribution in [0.25, 0.3) is 11.0 Å². The number of rotatable bonds is 5. The molecule has 0 fully saturated rings.